The molecule has 0 aliphatic rings. The molecule has 4 aromatic heterocycles. The first-order chi connectivity index (χ1) is 13.2. The molecule has 0 fully saturated rings. The summed E-state index contributed by atoms with van der Waals surface area (Å²) in [5.41, 5.74) is 5.43. The van der Waals surface area contributed by atoms with E-state index in [9.17, 15) is 4.39 Å². The van der Waals surface area contributed by atoms with E-state index in [-0.39, 0.29) is 5.82 Å². The van der Waals surface area contributed by atoms with E-state index in [0.717, 1.165) is 33.5 Å². The minimum absolute atomic E-state index is 0.319. The van der Waals surface area contributed by atoms with Gasteiger partial charge < -0.3 is 0 Å². The first kappa shape index (κ1) is 15.6. The average Bonchev–Trinajstić information content (AvgIpc) is 3.09. The van der Waals surface area contributed by atoms with Crippen LogP contribution in [-0.4, -0.2) is 19.4 Å². The number of pyridine rings is 3. The number of hydrogen-bond donors (Lipinski definition) is 0. The van der Waals surface area contributed by atoms with Crippen LogP contribution in [0.4, 0.5) is 4.39 Å². The molecule has 0 saturated heterocycles. The van der Waals surface area contributed by atoms with E-state index in [2.05, 4.69) is 16.0 Å². The Labute approximate surface area is 155 Å². The van der Waals surface area contributed by atoms with Crippen molar-refractivity contribution in [2.24, 2.45) is 0 Å². The maximum Gasteiger partial charge on any atom is 0.144 e. The molecule has 0 unspecified atom stereocenters. The molecular weight excluding hydrogens is 339 g/mol. The molecule has 0 radical (unpaired) electrons. The second-order valence-corrected chi connectivity index (χ2v) is 6.41. The van der Waals surface area contributed by atoms with Crippen molar-refractivity contribution in [2.45, 2.75) is 6.92 Å². The molecule has 4 heterocycles. The Kier molecular flexibility index (Phi) is 3.47. The molecule has 5 aromatic rings. The summed E-state index contributed by atoms with van der Waals surface area (Å²) in [5, 5.41) is 1.05. The zero-order valence-electron chi connectivity index (χ0n) is 14.6. The number of benzene rings is 1. The molecule has 5 rings (SSSR count). The minimum atomic E-state index is -0.319. The van der Waals surface area contributed by atoms with Crippen molar-refractivity contribution in [1.29, 1.82) is 0 Å². The zero-order valence-corrected chi connectivity index (χ0v) is 14.6. The van der Waals surface area contributed by atoms with Gasteiger partial charge >= 0.3 is 0 Å². The average molecular weight is 354 g/mol. The third-order valence-corrected chi connectivity index (χ3v) is 4.67. The van der Waals surface area contributed by atoms with Gasteiger partial charge in [0.25, 0.3) is 0 Å². The van der Waals surface area contributed by atoms with Crippen LogP contribution in [0.3, 0.4) is 0 Å². The lowest BCUT2D eigenvalue weighted by Gasteiger charge is -2.07. The fourth-order valence-electron chi connectivity index (χ4n) is 3.35. The first-order valence-corrected chi connectivity index (χ1v) is 8.66. The number of nitrogens with zero attached hydrogens (tertiary/aromatic N) is 4. The van der Waals surface area contributed by atoms with Gasteiger partial charge in [0, 0.05) is 23.3 Å². The normalized spacial score (nSPS) is 11.3. The van der Waals surface area contributed by atoms with Gasteiger partial charge in [0.15, 0.2) is 0 Å². The smallest absolute Gasteiger partial charge is 0.144 e. The molecule has 0 N–H and O–H groups in total. The summed E-state index contributed by atoms with van der Waals surface area (Å²) in [6.45, 7) is 1.66. The summed E-state index contributed by atoms with van der Waals surface area (Å²) < 4.78 is 15.8. The zero-order chi connectivity index (χ0) is 18.4. The Morgan fingerprint density at radius 1 is 0.926 bits per heavy atom. The van der Waals surface area contributed by atoms with Crippen LogP contribution in [-0.2, 0) is 0 Å². The predicted molar refractivity (Wildman–Crippen MR) is 104 cm³/mol. The number of hydrogen-bond acceptors (Lipinski definition) is 3. The van der Waals surface area contributed by atoms with E-state index in [0.29, 0.717) is 11.4 Å². The molecule has 1 aromatic carbocycles. The number of halogens is 1. The molecular formula is C22H15FN4. The molecule has 0 saturated carbocycles. The number of rotatable bonds is 2. The molecule has 0 aliphatic carbocycles. The fourth-order valence-corrected chi connectivity index (χ4v) is 3.35. The van der Waals surface area contributed by atoms with Crippen molar-refractivity contribution in [3.05, 3.63) is 84.6 Å². The molecule has 0 bridgehead atoms. The summed E-state index contributed by atoms with van der Waals surface area (Å²) >= 11 is 0. The highest BCUT2D eigenvalue weighted by atomic mass is 19.1. The van der Waals surface area contributed by atoms with Gasteiger partial charge in [0.05, 0.1) is 22.6 Å². The van der Waals surface area contributed by atoms with Crippen LogP contribution in [0.25, 0.3) is 39.2 Å². The Bertz CT molecular complexity index is 1310. The maximum atomic E-state index is 13.7. The molecule has 130 valence electrons. The van der Waals surface area contributed by atoms with Crippen molar-refractivity contribution in [3.63, 3.8) is 0 Å². The van der Waals surface area contributed by atoms with E-state index in [1.54, 1.807) is 19.2 Å². The lowest BCUT2D eigenvalue weighted by atomic mass is 10.0. The van der Waals surface area contributed by atoms with Gasteiger partial charge in [-0.15, -0.1) is 0 Å². The van der Waals surface area contributed by atoms with Crippen LogP contribution in [0.2, 0.25) is 0 Å². The monoisotopic (exact) mass is 354 g/mol. The van der Waals surface area contributed by atoms with Gasteiger partial charge in [-0.05, 0) is 49.4 Å². The second-order valence-electron chi connectivity index (χ2n) is 6.41. The van der Waals surface area contributed by atoms with Gasteiger partial charge in [-0.1, -0.05) is 18.2 Å². The lowest BCUT2D eigenvalue weighted by Crippen LogP contribution is -1.94. The van der Waals surface area contributed by atoms with Crippen molar-refractivity contribution in [3.8, 4) is 22.6 Å². The molecule has 0 amide bonds. The third kappa shape index (κ3) is 2.56. The number of fused-ring (bicyclic) bond motifs is 2. The Balaban J connectivity index is 1.82. The third-order valence-electron chi connectivity index (χ3n) is 4.67. The lowest BCUT2D eigenvalue weighted by molar-refractivity contribution is 0.610. The first-order valence-electron chi connectivity index (χ1n) is 8.66. The number of aryl methyl sites for hydroxylation is 1. The van der Waals surface area contributed by atoms with E-state index in [1.807, 2.05) is 53.1 Å². The van der Waals surface area contributed by atoms with Crippen LogP contribution in [0, 0.1) is 12.7 Å². The van der Waals surface area contributed by atoms with Crippen LogP contribution in [0.15, 0.2) is 73.1 Å². The number of aromatic nitrogens is 4. The highest BCUT2D eigenvalue weighted by molar-refractivity contribution is 5.88. The van der Waals surface area contributed by atoms with E-state index >= 15 is 0 Å². The number of imidazole rings is 1. The molecule has 0 aliphatic heterocycles. The highest BCUT2D eigenvalue weighted by Gasteiger charge is 2.18. The van der Waals surface area contributed by atoms with E-state index in [1.165, 1.54) is 6.07 Å². The quantitative estimate of drug-likeness (QED) is 0.445. The Hall–Kier alpha value is -3.60. The van der Waals surface area contributed by atoms with Gasteiger partial charge in [-0.3, -0.25) is 9.38 Å². The van der Waals surface area contributed by atoms with Gasteiger partial charge in [0.1, 0.15) is 17.2 Å². The van der Waals surface area contributed by atoms with Gasteiger partial charge in [-0.25, -0.2) is 14.4 Å². The standard InChI is InChI=1S/C22H15FN4/c1-14-17(23)8-10-19(25-14)21-22(27-12-3-2-6-20(27)26-21)16-7-9-18-15(13-16)5-4-11-24-18/h2-13H,1H3. The van der Waals surface area contributed by atoms with Crippen LogP contribution in [0.1, 0.15) is 5.69 Å². The minimum Gasteiger partial charge on any atom is -0.299 e. The molecule has 27 heavy (non-hydrogen) atoms. The maximum absolute atomic E-state index is 13.7. The Morgan fingerprint density at radius 3 is 2.74 bits per heavy atom. The second kappa shape index (κ2) is 5.99. The summed E-state index contributed by atoms with van der Waals surface area (Å²) in [6.07, 6.45) is 3.76. The SMILES string of the molecule is Cc1nc(-c2nc3ccccn3c2-c2ccc3ncccc3c2)ccc1F. The summed E-state index contributed by atoms with van der Waals surface area (Å²) in [7, 11) is 0. The molecule has 0 spiro atoms. The van der Waals surface area contributed by atoms with Crippen molar-refractivity contribution < 1.29 is 4.39 Å². The van der Waals surface area contributed by atoms with Gasteiger partial charge in [-0.2, -0.15) is 0 Å². The largest absolute Gasteiger partial charge is 0.299 e. The Morgan fingerprint density at radius 2 is 1.85 bits per heavy atom. The molecule has 5 heteroatoms. The predicted octanol–water partition coefficient (Wildman–Crippen LogP) is 5.06. The topological polar surface area (TPSA) is 43.1 Å². The van der Waals surface area contributed by atoms with Gasteiger partial charge in [0.2, 0.25) is 0 Å². The van der Waals surface area contributed by atoms with Crippen LogP contribution < -0.4 is 0 Å². The van der Waals surface area contributed by atoms with E-state index < -0.39 is 0 Å². The molecule has 4 nitrogen and oxygen atoms in total. The summed E-state index contributed by atoms with van der Waals surface area (Å²) in [5.74, 6) is -0.319. The molecule has 0 atom stereocenters. The fraction of sp³-hybridized carbons (Fsp3) is 0.0455. The summed E-state index contributed by atoms with van der Waals surface area (Å²) in [4.78, 5) is 13.6. The van der Waals surface area contributed by atoms with Crippen molar-refractivity contribution >= 4 is 16.6 Å². The van der Waals surface area contributed by atoms with Crippen LogP contribution >= 0.6 is 0 Å². The van der Waals surface area contributed by atoms with Crippen molar-refractivity contribution in [2.75, 3.05) is 0 Å². The van der Waals surface area contributed by atoms with Crippen LogP contribution in [0.5, 0.6) is 0 Å². The highest BCUT2D eigenvalue weighted by Crippen LogP contribution is 2.33. The van der Waals surface area contributed by atoms with E-state index in [4.69, 9.17) is 4.98 Å². The van der Waals surface area contributed by atoms with Crippen molar-refractivity contribution in [1.82, 2.24) is 19.4 Å². The summed E-state index contributed by atoms with van der Waals surface area (Å²) in [6, 6.07) is 19.1.